The first-order valence-corrected chi connectivity index (χ1v) is 5.94. The zero-order valence-corrected chi connectivity index (χ0v) is 10.9. The van der Waals surface area contributed by atoms with Gasteiger partial charge in [-0.25, -0.2) is 4.98 Å². The fourth-order valence-corrected chi connectivity index (χ4v) is 2.09. The van der Waals surface area contributed by atoms with E-state index < -0.39 is 5.97 Å². The molecule has 1 aromatic heterocycles. The smallest absolute Gasteiger partial charge is 0.303 e. The standard InChI is InChI=1S/C14H17NO3/c1-9-5-4-6-10-13(9)15-11(18-10)7-14(2,3)8-12(16)17/h4-6H,7-8H2,1-3H3,(H,16,17). The zero-order chi connectivity index (χ0) is 13.3. The molecule has 0 spiro atoms. The minimum Gasteiger partial charge on any atom is -0.481 e. The Hall–Kier alpha value is -1.84. The van der Waals surface area contributed by atoms with Crippen molar-refractivity contribution in [3.05, 3.63) is 29.7 Å². The summed E-state index contributed by atoms with van der Waals surface area (Å²) in [5.74, 6) is -0.196. The lowest BCUT2D eigenvalue weighted by atomic mass is 9.86. The van der Waals surface area contributed by atoms with E-state index in [1.165, 1.54) is 0 Å². The highest BCUT2D eigenvalue weighted by molar-refractivity contribution is 5.76. The Morgan fingerprint density at radius 1 is 1.44 bits per heavy atom. The summed E-state index contributed by atoms with van der Waals surface area (Å²) in [5, 5.41) is 8.86. The maximum absolute atomic E-state index is 10.8. The third-order valence-electron chi connectivity index (χ3n) is 2.92. The van der Waals surface area contributed by atoms with E-state index in [1.807, 2.05) is 39.0 Å². The van der Waals surface area contributed by atoms with Crippen LogP contribution in [0.1, 0.15) is 31.7 Å². The first-order valence-electron chi connectivity index (χ1n) is 5.94. The van der Waals surface area contributed by atoms with Gasteiger partial charge in [-0.2, -0.15) is 0 Å². The molecule has 1 heterocycles. The van der Waals surface area contributed by atoms with Gasteiger partial charge in [0, 0.05) is 6.42 Å². The second-order valence-electron chi connectivity index (χ2n) is 5.44. The lowest BCUT2D eigenvalue weighted by Gasteiger charge is -2.19. The van der Waals surface area contributed by atoms with Gasteiger partial charge >= 0.3 is 5.97 Å². The third kappa shape index (κ3) is 2.70. The lowest BCUT2D eigenvalue weighted by molar-refractivity contribution is -0.139. The zero-order valence-electron chi connectivity index (χ0n) is 10.9. The van der Waals surface area contributed by atoms with E-state index in [1.54, 1.807) is 0 Å². The third-order valence-corrected chi connectivity index (χ3v) is 2.92. The molecule has 2 rings (SSSR count). The molecule has 4 heteroatoms. The first kappa shape index (κ1) is 12.6. The summed E-state index contributed by atoms with van der Waals surface area (Å²) in [4.78, 5) is 15.2. The molecule has 18 heavy (non-hydrogen) atoms. The number of aliphatic carboxylic acids is 1. The summed E-state index contributed by atoms with van der Waals surface area (Å²) in [6.45, 7) is 5.79. The Morgan fingerprint density at radius 2 is 2.17 bits per heavy atom. The van der Waals surface area contributed by atoms with Gasteiger partial charge in [-0.15, -0.1) is 0 Å². The quantitative estimate of drug-likeness (QED) is 0.901. The number of fused-ring (bicyclic) bond motifs is 1. The van der Waals surface area contributed by atoms with Gasteiger partial charge in [0.05, 0.1) is 6.42 Å². The molecular weight excluding hydrogens is 230 g/mol. The SMILES string of the molecule is Cc1cccc2oc(CC(C)(C)CC(=O)O)nc12. The number of hydrogen-bond acceptors (Lipinski definition) is 3. The maximum atomic E-state index is 10.8. The minimum atomic E-state index is -0.799. The predicted molar refractivity (Wildman–Crippen MR) is 68.5 cm³/mol. The summed E-state index contributed by atoms with van der Waals surface area (Å²) in [5.41, 5.74) is 2.33. The second-order valence-corrected chi connectivity index (χ2v) is 5.44. The van der Waals surface area contributed by atoms with Crippen molar-refractivity contribution in [3.8, 4) is 0 Å². The fourth-order valence-electron chi connectivity index (χ4n) is 2.09. The average molecular weight is 247 g/mol. The van der Waals surface area contributed by atoms with Gasteiger partial charge in [0.25, 0.3) is 0 Å². The molecule has 96 valence electrons. The van der Waals surface area contributed by atoms with Crippen LogP contribution in [0.2, 0.25) is 0 Å². The van der Waals surface area contributed by atoms with Gasteiger partial charge in [0.2, 0.25) is 0 Å². The number of benzene rings is 1. The molecule has 4 nitrogen and oxygen atoms in total. The highest BCUT2D eigenvalue weighted by Crippen LogP contribution is 2.28. The molecule has 0 atom stereocenters. The number of carboxylic acid groups (broad SMARTS) is 1. The van der Waals surface area contributed by atoms with Gasteiger partial charge in [-0.05, 0) is 24.0 Å². The molecule has 0 aliphatic heterocycles. The normalized spacial score (nSPS) is 11.9. The molecule has 2 aromatic rings. The van der Waals surface area contributed by atoms with Crippen molar-refractivity contribution in [3.63, 3.8) is 0 Å². The molecule has 0 aliphatic carbocycles. The van der Waals surface area contributed by atoms with Crippen molar-refractivity contribution in [2.45, 2.75) is 33.6 Å². The van der Waals surface area contributed by atoms with Crippen LogP contribution in [0.5, 0.6) is 0 Å². The van der Waals surface area contributed by atoms with Crippen molar-refractivity contribution in [1.82, 2.24) is 4.98 Å². The summed E-state index contributed by atoms with van der Waals surface area (Å²) in [6.07, 6.45) is 0.623. The van der Waals surface area contributed by atoms with Gasteiger partial charge in [-0.3, -0.25) is 4.79 Å². The van der Waals surface area contributed by atoms with E-state index >= 15 is 0 Å². The largest absolute Gasteiger partial charge is 0.481 e. The van der Waals surface area contributed by atoms with Crippen molar-refractivity contribution in [2.75, 3.05) is 0 Å². The van der Waals surface area contributed by atoms with Crippen LogP contribution in [0.25, 0.3) is 11.1 Å². The first-order chi connectivity index (χ1) is 8.37. The van der Waals surface area contributed by atoms with Crippen LogP contribution < -0.4 is 0 Å². The van der Waals surface area contributed by atoms with Crippen LogP contribution in [-0.4, -0.2) is 16.1 Å². The minimum absolute atomic E-state index is 0.102. The molecule has 1 aromatic carbocycles. The topological polar surface area (TPSA) is 63.3 Å². The number of hydrogen-bond donors (Lipinski definition) is 1. The number of carboxylic acids is 1. The number of nitrogens with zero attached hydrogens (tertiary/aromatic N) is 1. The Balaban J connectivity index is 2.27. The van der Waals surface area contributed by atoms with Crippen molar-refractivity contribution >= 4 is 17.1 Å². The molecule has 1 N–H and O–H groups in total. The number of aromatic nitrogens is 1. The van der Waals surface area contributed by atoms with Gasteiger partial charge in [0.15, 0.2) is 11.5 Å². The van der Waals surface area contributed by atoms with Crippen LogP contribution >= 0.6 is 0 Å². The monoisotopic (exact) mass is 247 g/mol. The van der Waals surface area contributed by atoms with E-state index in [4.69, 9.17) is 9.52 Å². The molecule has 0 saturated heterocycles. The number of oxazole rings is 1. The van der Waals surface area contributed by atoms with Gasteiger partial charge < -0.3 is 9.52 Å². The van der Waals surface area contributed by atoms with Crippen LogP contribution in [0.3, 0.4) is 0 Å². The number of aryl methyl sites for hydroxylation is 1. The van der Waals surface area contributed by atoms with E-state index in [0.717, 1.165) is 16.7 Å². The Kier molecular flexibility index (Phi) is 3.11. The predicted octanol–water partition coefficient (Wildman–Crippen LogP) is 3.18. The van der Waals surface area contributed by atoms with E-state index in [-0.39, 0.29) is 11.8 Å². The molecule has 0 radical (unpaired) electrons. The number of rotatable bonds is 4. The number of para-hydroxylation sites is 1. The van der Waals surface area contributed by atoms with Gasteiger partial charge in [0.1, 0.15) is 5.52 Å². The van der Waals surface area contributed by atoms with Crippen LogP contribution in [0, 0.1) is 12.3 Å². The second kappa shape index (κ2) is 4.44. The summed E-state index contributed by atoms with van der Waals surface area (Å²) >= 11 is 0. The van der Waals surface area contributed by atoms with Crippen molar-refractivity contribution < 1.29 is 14.3 Å². The fraction of sp³-hybridized carbons (Fsp3) is 0.429. The Labute approximate surface area is 106 Å². The molecule has 0 aliphatic rings. The van der Waals surface area contributed by atoms with Crippen molar-refractivity contribution in [2.24, 2.45) is 5.41 Å². The van der Waals surface area contributed by atoms with E-state index in [9.17, 15) is 4.79 Å². The Bertz CT molecular complexity index is 584. The van der Waals surface area contributed by atoms with E-state index in [2.05, 4.69) is 4.98 Å². The molecule has 0 unspecified atom stereocenters. The van der Waals surface area contributed by atoms with Crippen molar-refractivity contribution in [1.29, 1.82) is 0 Å². The van der Waals surface area contributed by atoms with Crippen LogP contribution in [-0.2, 0) is 11.2 Å². The Morgan fingerprint density at radius 3 is 2.78 bits per heavy atom. The lowest BCUT2D eigenvalue weighted by Crippen LogP contribution is -2.19. The summed E-state index contributed by atoms with van der Waals surface area (Å²) < 4.78 is 5.66. The highest BCUT2D eigenvalue weighted by Gasteiger charge is 2.25. The summed E-state index contributed by atoms with van der Waals surface area (Å²) in [7, 11) is 0. The average Bonchev–Trinajstić information content (AvgIpc) is 2.58. The van der Waals surface area contributed by atoms with Crippen LogP contribution in [0.15, 0.2) is 22.6 Å². The maximum Gasteiger partial charge on any atom is 0.303 e. The van der Waals surface area contributed by atoms with Gasteiger partial charge in [-0.1, -0.05) is 26.0 Å². The van der Waals surface area contributed by atoms with Crippen LogP contribution in [0.4, 0.5) is 0 Å². The molecule has 0 saturated carbocycles. The molecule has 0 bridgehead atoms. The highest BCUT2D eigenvalue weighted by atomic mass is 16.4. The molecule has 0 fully saturated rings. The van der Waals surface area contributed by atoms with E-state index in [0.29, 0.717) is 12.3 Å². The molecular formula is C14H17NO3. The summed E-state index contributed by atoms with van der Waals surface area (Å²) in [6, 6.07) is 5.79. The number of carbonyl (C=O) groups is 1. The molecule has 0 amide bonds.